The first-order chi connectivity index (χ1) is 13.9. The van der Waals surface area contributed by atoms with E-state index in [-0.39, 0.29) is 22.5 Å². The van der Waals surface area contributed by atoms with E-state index in [1.54, 1.807) is 41.8 Å². The van der Waals surface area contributed by atoms with E-state index in [0.29, 0.717) is 21.7 Å². The summed E-state index contributed by atoms with van der Waals surface area (Å²) in [4.78, 5) is 4.22. The zero-order valence-corrected chi connectivity index (χ0v) is 17.1. The maximum atomic E-state index is 13.4. The SMILES string of the molecule is O=S(=O)(NCc1ccccc1Cl)c1cc(-c2nc(-c3cccc(F)c3)no2)cs1. The molecule has 2 aromatic heterocycles. The summed E-state index contributed by atoms with van der Waals surface area (Å²) < 4.78 is 46.4. The molecule has 6 nitrogen and oxygen atoms in total. The number of rotatable bonds is 6. The average Bonchev–Trinajstić information content (AvgIpc) is 3.37. The van der Waals surface area contributed by atoms with Crippen molar-refractivity contribution in [2.75, 3.05) is 0 Å². The molecule has 2 heterocycles. The molecule has 0 aliphatic carbocycles. The van der Waals surface area contributed by atoms with Gasteiger partial charge in [-0.15, -0.1) is 11.3 Å². The third-order valence-electron chi connectivity index (χ3n) is 4.01. The number of nitrogens with zero attached hydrogens (tertiary/aromatic N) is 2. The quantitative estimate of drug-likeness (QED) is 0.459. The van der Waals surface area contributed by atoms with Crippen LogP contribution in [0.5, 0.6) is 0 Å². The zero-order chi connectivity index (χ0) is 20.4. The maximum Gasteiger partial charge on any atom is 0.259 e. The van der Waals surface area contributed by atoms with Gasteiger partial charge in [0.05, 0.1) is 5.56 Å². The fourth-order valence-corrected chi connectivity index (χ4v) is 4.95. The normalized spacial score (nSPS) is 11.7. The molecule has 29 heavy (non-hydrogen) atoms. The van der Waals surface area contributed by atoms with Gasteiger partial charge in [0.15, 0.2) is 0 Å². The highest BCUT2D eigenvalue weighted by atomic mass is 35.5. The number of aromatic nitrogens is 2. The first-order valence-electron chi connectivity index (χ1n) is 8.34. The second-order valence-electron chi connectivity index (χ2n) is 6.00. The molecule has 0 saturated carbocycles. The lowest BCUT2D eigenvalue weighted by Crippen LogP contribution is -2.22. The topological polar surface area (TPSA) is 85.1 Å². The number of hydrogen-bond donors (Lipinski definition) is 1. The van der Waals surface area contributed by atoms with Crippen molar-refractivity contribution in [3.63, 3.8) is 0 Å². The minimum absolute atomic E-state index is 0.0690. The van der Waals surface area contributed by atoms with Gasteiger partial charge in [-0.1, -0.05) is 47.1 Å². The van der Waals surface area contributed by atoms with Crippen molar-refractivity contribution in [2.24, 2.45) is 0 Å². The Morgan fingerprint density at radius 1 is 1.10 bits per heavy atom. The van der Waals surface area contributed by atoms with Crippen LogP contribution in [0.25, 0.3) is 22.8 Å². The standard InChI is InChI=1S/C19H13ClFN3O3S2/c20-16-7-2-1-4-13(16)10-22-29(25,26)17-9-14(11-28-17)19-23-18(24-27-19)12-5-3-6-15(21)8-12/h1-9,11,22H,10H2. The van der Waals surface area contributed by atoms with Crippen LogP contribution in [-0.2, 0) is 16.6 Å². The van der Waals surface area contributed by atoms with Crippen molar-refractivity contribution in [2.45, 2.75) is 10.8 Å². The minimum Gasteiger partial charge on any atom is -0.334 e. The lowest BCUT2D eigenvalue weighted by Gasteiger charge is -2.06. The molecule has 4 aromatic rings. The number of benzene rings is 2. The van der Waals surface area contributed by atoms with Crippen molar-refractivity contribution >= 4 is 33.0 Å². The maximum absolute atomic E-state index is 13.4. The third kappa shape index (κ3) is 4.38. The van der Waals surface area contributed by atoms with Crippen molar-refractivity contribution < 1.29 is 17.3 Å². The van der Waals surface area contributed by atoms with E-state index < -0.39 is 15.8 Å². The van der Waals surface area contributed by atoms with E-state index in [1.807, 2.05) is 0 Å². The number of hydrogen-bond acceptors (Lipinski definition) is 6. The van der Waals surface area contributed by atoms with Crippen LogP contribution in [0.2, 0.25) is 5.02 Å². The summed E-state index contributed by atoms with van der Waals surface area (Å²) >= 11 is 7.09. The molecule has 0 aliphatic rings. The van der Waals surface area contributed by atoms with Gasteiger partial charge >= 0.3 is 0 Å². The van der Waals surface area contributed by atoms with Gasteiger partial charge < -0.3 is 4.52 Å². The highest BCUT2D eigenvalue weighted by Gasteiger charge is 2.20. The summed E-state index contributed by atoms with van der Waals surface area (Å²) in [6, 6.07) is 14.2. The first-order valence-corrected chi connectivity index (χ1v) is 11.1. The first kappa shape index (κ1) is 19.7. The fraction of sp³-hybridized carbons (Fsp3) is 0.0526. The molecule has 2 aromatic carbocycles. The Bertz CT molecular complexity index is 1270. The van der Waals surface area contributed by atoms with Crippen LogP contribution < -0.4 is 4.72 Å². The highest BCUT2D eigenvalue weighted by Crippen LogP contribution is 2.29. The molecule has 0 saturated heterocycles. The molecule has 4 rings (SSSR count). The van der Waals surface area contributed by atoms with Gasteiger partial charge in [0, 0.05) is 22.5 Å². The molecule has 10 heteroatoms. The van der Waals surface area contributed by atoms with E-state index in [1.165, 1.54) is 18.2 Å². The molecule has 148 valence electrons. The molecular formula is C19H13ClFN3O3S2. The summed E-state index contributed by atoms with van der Waals surface area (Å²) in [5.41, 5.74) is 1.60. The number of halogens is 2. The summed E-state index contributed by atoms with van der Waals surface area (Å²) in [5, 5.41) is 5.92. The highest BCUT2D eigenvalue weighted by molar-refractivity contribution is 7.91. The molecule has 0 amide bonds. The van der Waals surface area contributed by atoms with Gasteiger partial charge in [-0.3, -0.25) is 0 Å². The summed E-state index contributed by atoms with van der Waals surface area (Å²) in [5.74, 6) is -0.0534. The summed E-state index contributed by atoms with van der Waals surface area (Å²) in [6.07, 6.45) is 0. The van der Waals surface area contributed by atoms with Crippen LogP contribution >= 0.6 is 22.9 Å². The molecule has 0 spiro atoms. The third-order valence-corrected chi connectivity index (χ3v) is 7.22. The second-order valence-corrected chi connectivity index (χ2v) is 9.32. The lowest BCUT2D eigenvalue weighted by atomic mass is 10.2. The predicted molar refractivity (Wildman–Crippen MR) is 108 cm³/mol. The Morgan fingerprint density at radius 3 is 2.72 bits per heavy atom. The van der Waals surface area contributed by atoms with E-state index >= 15 is 0 Å². The van der Waals surface area contributed by atoms with Crippen LogP contribution in [0.4, 0.5) is 4.39 Å². The van der Waals surface area contributed by atoms with Gasteiger partial charge in [-0.2, -0.15) is 4.98 Å². The molecule has 0 unspecified atom stereocenters. The Hall–Kier alpha value is -2.59. The van der Waals surface area contributed by atoms with Crippen LogP contribution in [0.15, 0.2) is 68.7 Å². The Balaban J connectivity index is 1.53. The zero-order valence-electron chi connectivity index (χ0n) is 14.7. The molecular weight excluding hydrogens is 437 g/mol. The second kappa shape index (κ2) is 8.03. The predicted octanol–water partition coefficient (Wildman–Crippen LogP) is 4.74. The summed E-state index contributed by atoms with van der Waals surface area (Å²) in [7, 11) is -3.74. The van der Waals surface area contributed by atoms with Crippen LogP contribution in [0.3, 0.4) is 0 Å². The molecule has 0 fully saturated rings. The van der Waals surface area contributed by atoms with Crippen molar-refractivity contribution in [1.82, 2.24) is 14.9 Å². The molecule has 1 N–H and O–H groups in total. The summed E-state index contributed by atoms with van der Waals surface area (Å²) in [6.45, 7) is 0.0690. The molecule has 0 aliphatic heterocycles. The van der Waals surface area contributed by atoms with Crippen LogP contribution in [0.1, 0.15) is 5.56 Å². The molecule has 0 atom stereocenters. The lowest BCUT2D eigenvalue weighted by molar-refractivity contribution is 0.432. The monoisotopic (exact) mass is 449 g/mol. The van der Waals surface area contributed by atoms with Crippen molar-refractivity contribution in [1.29, 1.82) is 0 Å². The van der Waals surface area contributed by atoms with Crippen LogP contribution in [-0.4, -0.2) is 18.6 Å². The number of sulfonamides is 1. The van der Waals surface area contributed by atoms with Crippen molar-refractivity contribution in [3.05, 3.63) is 76.4 Å². The largest absolute Gasteiger partial charge is 0.334 e. The Kier molecular flexibility index (Phi) is 5.46. The molecule has 0 bridgehead atoms. The van der Waals surface area contributed by atoms with E-state index in [0.717, 1.165) is 11.3 Å². The van der Waals surface area contributed by atoms with Crippen LogP contribution in [0, 0.1) is 5.82 Å². The van der Waals surface area contributed by atoms with Gasteiger partial charge in [-0.05, 0) is 29.8 Å². The van der Waals surface area contributed by atoms with Gasteiger partial charge in [0.1, 0.15) is 10.0 Å². The Labute approximate surface area is 175 Å². The fourth-order valence-electron chi connectivity index (χ4n) is 2.54. The van der Waals surface area contributed by atoms with Crippen molar-refractivity contribution in [3.8, 4) is 22.8 Å². The van der Waals surface area contributed by atoms with Gasteiger partial charge in [0.25, 0.3) is 5.89 Å². The van der Waals surface area contributed by atoms with E-state index in [2.05, 4.69) is 14.9 Å². The Morgan fingerprint density at radius 2 is 1.93 bits per heavy atom. The van der Waals surface area contributed by atoms with E-state index in [4.69, 9.17) is 16.1 Å². The minimum atomic E-state index is -3.74. The van der Waals surface area contributed by atoms with Gasteiger partial charge in [0.2, 0.25) is 15.8 Å². The van der Waals surface area contributed by atoms with Gasteiger partial charge in [-0.25, -0.2) is 17.5 Å². The average molecular weight is 450 g/mol. The molecule has 0 radical (unpaired) electrons. The number of nitrogens with one attached hydrogen (secondary N) is 1. The smallest absolute Gasteiger partial charge is 0.259 e. The number of thiophene rings is 1. The van der Waals surface area contributed by atoms with E-state index in [9.17, 15) is 12.8 Å².